The van der Waals surface area contributed by atoms with Crippen LogP contribution in [0.2, 0.25) is 0 Å². The normalized spacial score (nSPS) is 10.7. The van der Waals surface area contributed by atoms with E-state index >= 15 is 0 Å². The third-order valence-corrected chi connectivity index (χ3v) is 2.88. The fourth-order valence-electron chi connectivity index (χ4n) is 1.97. The zero-order valence-corrected chi connectivity index (χ0v) is 12.2. The largest absolute Gasteiger partial charge is 0.369 e. The van der Waals surface area contributed by atoms with Crippen molar-refractivity contribution < 1.29 is 9.18 Å². The topological polar surface area (TPSA) is 58.4 Å². The highest BCUT2D eigenvalue weighted by atomic mass is 19.1. The van der Waals surface area contributed by atoms with Crippen LogP contribution in [-0.2, 0) is 4.79 Å². The Labute approximate surface area is 120 Å². The number of carbonyl (C=O) groups excluding carboxylic acids is 1. The summed E-state index contributed by atoms with van der Waals surface area (Å²) >= 11 is 0. The number of nitrogens with zero attached hydrogens (tertiary/aromatic N) is 1. The van der Waals surface area contributed by atoms with E-state index in [1.165, 1.54) is 6.07 Å². The van der Waals surface area contributed by atoms with Gasteiger partial charge >= 0.3 is 0 Å². The number of nitrogens with one attached hydrogen (secondary N) is 1. The molecule has 0 spiro atoms. The van der Waals surface area contributed by atoms with E-state index in [-0.39, 0.29) is 17.8 Å². The number of amides is 1. The maximum Gasteiger partial charge on any atom is 0.221 e. The molecule has 0 aliphatic rings. The number of benzene rings is 1. The summed E-state index contributed by atoms with van der Waals surface area (Å²) in [5.41, 5.74) is 6.04. The fourth-order valence-corrected chi connectivity index (χ4v) is 1.97. The number of halogens is 1. The van der Waals surface area contributed by atoms with Gasteiger partial charge < -0.3 is 16.0 Å². The lowest BCUT2D eigenvalue weighted by Gasteiger charge is -2.25. The van der Waals surface area contributed by atoms with E-state index in [9.17, 15) is 9.18 Å². The summed E-state index contributed by atoms with van der Waals surface area (Å²) in [6.45, 7) is 5.51. The summed E-state index contributed by atoms with van der Waals surface area (Å²) in [4.78, 5) is 13.6. The van der Waals surface area contributed by atoms with Crippen molar-refractivity contribution >= 4 is 11.6 Å². The van der Waals surface area contributed by atoms with E-state index in [2.05, 4.69) is 5.32 Å². The number of nitrogens with two attached hydrogens (primary N) is 1. The van der Waals surface area contributed by atoms with E-state index in [1.54, 1.807) is 18.2 Å². The Kier molecular flexibility index (Phi) is 7.01. The molecule has 1 aromatic rings. The molecule has 0 unspecified atom stereocenters. The summed E-state index contributed by atoms with van der Waals surface area (Å²) in [5.74, 6) is -0.289. The lowest BCUT2D eigenvalue weighted by molar-refractivity contribution is -0.121. The number of hydrogen-bond acceptors (Lipinski definition) is 3. The molecule has 0 saturated carbocycles. The Bertz CT molecular complexity index is 423. The van der Waals surface area contributed by atoms with E-state index in [1.807, 2.05) is 18.7 Å². The number of rotatable bonds is 8. The summed E-state index contributed by atoms with van der Waals surface area (Å²) in [6, 6.07) is 6.73. The molecule has 1 aromatic carbocycles. The van der Waals surface area contributed by atoms with Gasteiger partial charge in [0.15, 0.2) is 0 Å². The monoisotopic (exact) mass is 281 g/mol. The molecular formula is C15H24FN3O. The Balaban J connectivity index is 2.65. The van der Waals surface area contributed by atoms with E-state index in [0.717, 1.165) is 6.42 Å². The van der Waals surface area contributed by atoms with Crippen molar-refractivity contribution in [3.63, 3.8) is 0 Å². The van der Waals surface area contributed by atoms with Crippen LogP contribution in [0.1, 0.15) is 26.7 Å². The van der Waals surface area contributed by atoms with Crippen molar-refractivity contribution in [2.75, 3.05) is 24.5 Å². The van der Waals surface area contributed by atoms with Crippen molar-refractivity contribution in [1.82, 2.24) is 5.32 Å². The van der Waals surface area contributed by atoms with Gasteiger partial charge in [-0.15, -0.1) is 0 Å². The van der Waals surface area contributed by atoms with Crippen molar-refractivity contribution in [2.45, 2.75) is 32.7 Å². The molecule has 1 rings (SSSR count). The van der Waals surface area contributed by atoms with E-state index in [4.69, 9.17) is 5.73 Å². The molecule has 0 atom stereocenters. The minimum absolute atomic E-state index is 0.0194. The van der Waals surface area contributed by atoms with Gasteiger partial charge in [-0.25, -0.2) is 4.39 Å². The maximum absolute atomic E-state index is 13.8. The zero-order valence-electron chi connectivity index (χ0n) is 12.2. The molecule has 1 amide bonds. The van der Waals surface area contributed by atoms with Gasteiger partial charge in [-0.3, -0.25) is 4.79 Å². The Hall–Kier alpha value is -1.62. The van der Waals surface area contributed by atoms with Crippen LogP contribution in [-0.4, -0.2) is 31.6 Å². The number of para-hydroxylation sites is 1. The molecule has 112 valence electrons. The molecule has 5 heteroatoms. The van der Waals surface area contributed by atoms with Crippen LogP contribution in [0.25, 0.3) is 0 Å². The molecule has 4 nitrogen and oxygen atoms in total. The average Bonchev–Trinajstić information content (AvgIpc) is 2.39. The van der Waals surface area contributed by atoms with Gasteiger partial charge in [-0.2, -0.15) is 0 Å². The first kappa shape index (κ1) is 16.4. The highest BCUT2D eigenvalue weighted by Gasteiger charge is 2.12. The molecule has 0 saturated heterocycles. The standard InChI is InChI=1S/C15H24FN3O/c1-12(2)18-15(20)8-11-19(10-5-9-17)14-7-4-3-6-13(14)16/h3-4,6-7,12H,5,8-11,17H2,1-2H3,(H,18,20). The molecule has 20 heavy (non-hydrogen) atoms. The number of hydrogen-bond donors (Lipinski definition) is 2. The number of anilines is 1. The van der Waals surface area contributed by atoms with Crippen LogP contribution < -0.4 is 16.0 Å². The fraction of sp³-hybridized carbons (Fsp3) is 0.533. The first-order valence-corrected chi connectivity index (χ1v) is 7.03. The van der Waals surface area contributed by atoms with Crippen LogP contribution >= 0.6 is 0 Å². The Morgan fingerprint density at radius 3 is 2.65 bits per heavy atom. The van der Waals surface area contributed by atoms with Gasteiger partial charge in [0.2, 0.25) is 5.91 Å². The average molecular weight is 281 g/mol. The first-order valence-electron chi connectivity index (χ1n) is 7.03. The summed E-state index contributed by atoms with van der Waals surface area (Å²) in [7, 11) is 0. The summed E-state index contributed by atoms with van der Waals surface area (Å²) in [6.07, 6.45) is 1.11. The van der Waals surface area contributed by atoms with Crippen LogP contribution in [0.15, 0.2) is 24.3 Å². The van der Waals surface area contributed by atoms with Crippen LogP contribution in [0.4, 0.5) is 10.1 Å². The van der Waals surface area contributed by atoms with Crippen molar-refractivity contribution in [3.05, 3.63) is 30.1 Å². The highest BCUT2D eigenvalue weighted by molar-refractivity contribution is 5.76. The quantitative estimate of drug-likeness (QED) is 0.765. The lowest BCUT2D eigenvalue weighted by atomic mass is 10.2. The summed E-state index contributed by atoms with van der Waals surface area (Å²) in [5, 5.41) is 2.84. The van der Waals surface area contributed by atoms with E-state index in [0.29, 0.717) is 31.7 Å². The van der Waals surface area contributed by atoms with Gasteiger partial charge in [0.1, 0.15) is 5.82 Å². The van der Waals surface area contributed by atoms with Crippen molar-refractivity contribution in [3.8, 4) is 0 Å². The smallest absolute Gasteiger partial charge is 0.221 e. The molecule has 3 N–H and O–H groups in total. The molecule has 0 radical (unpaired) electrons. The van der Waals surface area contributed by atoms with Crippen LogP contribution in [0.3, 0.4) is 0 Å². The van der Waals surface area contributed by atoms with E-state index < -0.39 is 0 Å². The molecule has 0 aromatic heterocycles. The van der Waals surface area contributed by atoms with Gasteiger partial charge in [0, 0.05) is 25.6 Å². The molecular weight excluding hydrogens is 257 g/mol. The molecule has 0 heterocycles. The van der Waals surface area contributed by atoms with Gasteiger partial charge in [0.05, 0.1) is 5.69 Å². The molecule has 0 fully saturated rings. The lowest BCUT2D eigenvalue weighted by Crippen LogP contribution is -2.35. The predicted molar refractivity (Wildman–Crippen MR) is 80.2 cm³/mol. The molecule has 0 bridgehead atoms. The van der Waals surface area contributed by atoms with Crippen molar-refractivity contribution in [1.29, 1.82) is 0 Å². The molecule has 0 aliphatic carbocycles. The van der Waals surface area contributed by atoms with Gasteiger partial charge in [-0.05, 0) is 38.9 Å². The Morgan fingerprint density at radius 1 is 1.35 bits per heavy atom. The second-order valence-electron chi connectivity index (χ2n) is 5.05. The Morgan fingerprint density at radius 2 is 2.05 bits per heavy atom. The maximum atomic E-state index is 13.8. The minimum Gasteiger partial charge on any atom is -0.369 e. The SMILES string of the molecule is CC(C)NC(=O)CCN(CCCN)c1ccccc1F. The number of carbonyl (C=O) groups is 1. The zero-order chi connectivity index (χ0) is 15.0. The third-order valence-electron chi connectivity index (χ3n) is 2.88. The first-order chi connectivity index (χ1) is 9.54. The third kappa shape index (κ3) is 5.57. The van der Waals surface area contributed by atoms with Crippen LogP contribution in [0, 0.1) is 5.82 Å². The summed E-state index contributed by atoms with van der Waals surface area (Å²) < 4.78 is 13.8. The van der Waals surface area contributed by atoms with Crippen LogP contribution in [0.5, 0.6) is 0 Å². The highest BCUT2D eigenvalue weighted by Crippen LogP contribution is 2.19. The minimum atomic E-state index is -0.270. The van der Waals surface area contributed by atoms with Gasteiger partial charge in [-0.1, -0.05) is 12.1 Å². The van der Waals surface area contributed by atoms with Crippen molar-refractivity contribution in [2.24, 2.45) is 5.73 Å². The van der Waals surface area contributed by atoms with Gasteiger partial charge in [0.25, 0.3) is 0 Å². The second-order valence-corrected chi connectivity index (χ2v) is 5.05. The predicted octanol–water partition coefficient (Wildman–Crippen LogP) is 1.90. The second kappa shape index (κ2) is 8.53. The molecule has 0 aliphatic heterocycles.